The maximum absolute atomic E-state index is 13.3. The second-order valence-corrected chi connectivity index (χ2v) is 7.99. The summed E-state index contributed by atoms with van der Waals surface area (Å²) in [4.78, 5) is 44.3. The molecule has 1 atom stereocenters. The van der Waals surface area contributed by atoms with Gasteiger partial charge in [0.15, 0.2) is 4.96 Å². The fourth-order valence-corrected chi connectivity index (χ4v) is 4.55. The molecule has 0 radical (unpaired) electrons. The molecule has 144 valence electrons. The summed E-state index contributed by atoms with van der Waals surface area (Å²) < 4.78 is 1.43. The zero-order chi connectivity index (χ0) is 20.2. The van der Waals surface area contributed by atoms with Gasteiger partial charge in [0.05, 0.1) is 12.2 Å². The number of rotatable bonds is 3. The molecule has 1 aliphatic rings. The van der Waals surface area contributed by atoms with Crippen molar-refractivity contribution >= 4 is 39.0 Å². The molecule has 0 saturated carbocycles. The van der Waals surface area contributed by atoms with Gasteiger partial charge in [-0.05, 0) is 23.3 Å². The first-order valence-corrected chi connectivity index (χ1v) is 9.93. The number of benzene rings is 2. The molecule has 8 heteroatoms. The monoisotopic (exact) mass is 404 g/mol. The Morgan fingerprint density at radius 1 is 1.10 bits per heavy atom. The summed E-state index contributed by atoms with van der Waals surface area (Å²) in [5.74, 6) is -0.368. The highest BCUT2D eigenvalue weighted by atomic mass is 32.1. The van der Waals surface area contributed by atoms with E-state index in [0.29, 0.717) is 10.7 Å². The number of thiazole rings is 1. The topological polar surface area (TPSA) is 83.8 Å². The maximum Gasteiger partial charge on any atom is 0.325 e. The second-order valence-electron chi connectivity index (χ2n) is 7.11. The zero-order valence-electron chi connectivity index (χ0n) is 15.5. The van der Waals surface area contributed by atoms with E-state index in [1.807, 2.05) is 42.5 Å². The van der Waals surface area contributed by atoms with E-state index in [4.69, 9.17) is 0 Å². The Bertz CT molecular complexity index is 1350. The average Bonchev–Trinajstić information content (AvgIpc) is 3.27. The maximum atomic E-state index is 13.3. The predicted molar refractivity (Wildman–Crippen MR) is 110 cm³/mol. The van der Waals surface area contributed by atoms with Crippen molar-refractivity contribution in [3.63, 3.8) is 0 Å². The fraction of sp³-hybridized carbons (Fsp3) is 0.143. The quantitative estimate of drug-likeness (QED) is 0.532. The van der Waals surface area contributed by atoms with Crippen LogP contribution in [0.25, 0.3) is 15.7 Å². The van der Waals surface area contributed by atoms with Gasteiger partial charge < -0.3 is 5.32 Å². The Morgan fingerprint density at radius 2 is 1.90 bits per heavy atom. The van der Waals surface area contributed by atoms with Gasteiger partial charge >= 0.3 is 6.03 Å². The Morgan fingerprint density at radius 3 is 2.76 bits per heavy atom. The van der Waals surface area contributed by atoms with E-state index in [9.17, 15) is 14.4 Å². The predicted octanol–water partition coefficient (Wildman–Crippen LogP) is 2.88. The van der Waals surface area contributed by atoms with Crippen LogP contribution < -0.4 is 10.9 Å². The van der Waals surface area contributed by atoms with Crippen LogP contribution in [0.15, 0.2) is 64.9 Å². The lowest BCUT2D eigenvalue weighted by Crippen LogP contribution is -2.41. The third-order valence-corrected chi connectivity index (χ3v) is 6.04. The van der Waals surface area contributed by atoms with Gasteiger partial charge in [-0.2, -0.15) is 0 Å². The van der Waals surface area contributed by atoms with Gasteiger partial charge in [-0.15, -0.1) is 11.3 Å². The van der Waals surface area contributed by atoms with Crippen molar-refractivity contribution in [3.05, 3.63) is 81.7 Å². The lowest BCUT2D eigenvalue weighted by Gasteiger charge is -2.24. The number of carbonyl (C=O) groups excluding carboxylic acids is 2. The molecule has 0 spiro atoms. The van der Waals surface area contributed by atoms with Crippen LogP contribution in [-0.4, -0.2) is 26.2 Å². The lowest BCUT2D eigenvalue weighted by atomic mass is 9.88. The molecular formula is C21H16N4O3S. The zero-order valence-corrected chi connectivity index (χ0v) is 16.3. The smallest absolute Gasteiger partial charge is 0.319 e. The second kappa shape index (κ2) is 6.25. The Labute approximate surface area is 169 Å². The normalized spacial score (nSPS) is 19.3. The van der Waals surface area contributed by atoms with E-state index in [2.05, 4.69) is 10.3 Å². The number of aromatic nitrogens is 2. The van der Waals surface area contributed by atoms with Gasteiger partial charge in [0.25, 0.3) is 11.5 Å². The average molecular weight is 404 g/mol. The summed E-state index contributed by atoms with van der Waals surface area (Å²) in [5.41, 5.74) is -0.323. The molecule has 2 aromatic heterocycles. The van der Waals surface area contributed by atoms with E-state index in [0.717, 1.165) is 21.2 Å². The minimum Gasteiger partial charge on any atom is -0.319 e. The summed E-state index contributed by atoms with van der Waals surface area (Å²) in [6.07, 6.45) is 1.64. The first kappa shape index (κ1) is 17.6. The van der Waals surface area contributed by atoms with Gasteiger partial charge in [-0.25, -0.2) is 9.78 Å². The Balaban J connectivity index is 1.54. The number of urea groups is 1. The molecule has 1 fully saturated rings. The summed E-state index contributed by atoms with van der Waals surface area (Å²) in [7, 11) is 0. The van der Waals surface area contributed by atoms with Crippen molar-refractivity contribution in [2.75, 3.05) is 0 Å². The molecule has 7 nitrogen and oxygen atoms in total. The molecule has 4 aromatic rings. The molecule has 0 bridgehead atoms. The summed E-state index contributed by atoms with van der Waals surface area (Å²) in [6.45, 7) is 1.65. The summed E-state index contributed by atoms with van der Waals surface area (Å²) in [6, 6.07) is 14.3. The molecule has 1 aliphatic heterocycles. The van der Waals surface area contributed by atoms with E-state index in [1.54, 1.807) is 18.5 Å². The van der Waals surface area contributed by atoms with Gasteiger partial charge in [0.1, 0.15) is 5.54 Å². The van der Waals surface area contributed by atoms with Crippen LogP contribution in [-0.2, 0) is 16.9 Å². The highest BCUT2D eigenvalue weighted by Crippen LogP contribution is 2.34. The van der Waals surface area contributed by atoms with E-state index >= 15 is 0 Å². The largest absolute Gasteiger partial charge is 0.325 e. The van der Waals surface area contributed by atoms with Crippen LogP contribution in [0.1, 0.15) is 18.2 Å². The van der Waals surface area contributed by atoms with Gasteiger partial charge in [0.2, 0.25) is 0 Å². The highest BCUT2D eigenvalue weighted by Gasteiger charge is 2.49. The van der Waals surface area contributed by atoms with Crippen LogP contribution in [0.3, 0.4) is 0 Å². The Kier molecular flexibility index (Phi) is 3.78. The first-order chi connectivity index (χ1) is 14.0. The van der Waals surface area contributed by atoms with Crippen LogP contribution in [0.5, 0.6) is 0 Å². The Hall–Kier alpha value is -3.52. The summed E-state index contributed by atoms with van der Waals surface area (Å²) in [5, 5.41) is 6.49. The minimum atomic E-state index is -1.19. The molecule has 29 heavy (non-hydrogen) atoms. The first-order valence-electron chi connectivity index (χ1n) is 9.05. The summed E-state index contributed by atoms with van der Waals surface area (Å²) >= 11 is 1.32. The van der Waals surface area contributed by atoms with Crippen LogP contribution >= 0.6 is 11.3 Å². The highest BCUT2D eigenvalue weighted by molar-refractivity contribution is 7.15. The molecule has 5 rings (SSSR count). The molecular weight excluding hydrogens is 388 g/mol. The lowest BCUT2D eigenvalue weighted by molar-refractivity contribution is -0.131. The van der Waals surface area contributed by atoms with E-state index < -0.39 is 11.6 Å². The molecule has 0 unspecified atom stereocenters. The standard InChI is InChI=1S/C21H16N4O3S/c1-21(16-8-4-6-13-5-2-3-7-15(13)16)18(27)25(19(28)23-21)12-14-11-17(26)24-9-10-29-20(24)22-14/h2-11H,12H2,1H3,(H,23,28)/t21-/m1/s1. The molecule has 0 aliphatic carbocycles. The van der Waals surface area contributed by atoms with Gasteiger partial charge in [0, 0.05) is 17.6 Å². The van der Waals surface area contributed by atoms with Crippen LogP contribution in [0.2, 0.25) is 0 Å². The van der Waals surface area contributed by atoms with Crippen molar-refractivity contribution in [2.45, 2.75) is 19.0 Å². The van der Waals surface area contributed by atoms with Crippen molar-refractivity contribution < 1.29 is 9.59 Å². The fourth-order valence-electron chi connectivity index (χ4n) is 3.82. The molecule has 1 N–H and O–H groups in total. The van der Waals surface area contributed by atoms with Crippen molar-refractivity contribution in [2.24, 2.45) is 0 Å². The van der Waals surface area contributed by atoms with Crippen molar-refractivity contribution in [1.82, 2.24) is 19.6 Å². The molecule has 3 heterocycles. The van der Waals surface area contributed by atoms with Gasteiger partial charge in [-0.3, -0.25) is 18.9 Å². The molecule has 2 aromatic carbocycles. The third kappa shape index (κ3) is 2.64. The number of carbonyl (C=O) groups is 2. The van der Waals surface area contributed by atoms with Crippen molar-refractivity contribution in [1.29, 1.82) is 0 Å². The number of imide groups is 1. The number of hydrogen-bond acceptors (Lipinski definition) is 5. The number of nitrogens with one attached hydrogen (secondary N) is 1. The third-order valence-electron chi connectivity index (χ3n) is 5.28. The van der Waals surface area contributed by atoms with Gasteiger partial charge in [-0.1, -0.05) is 42.5 Å². The number of nitrogens with zero attached hydrogens (tertiary/aromatic N) is 3. The minimum absolute atomic E-state index is 0.0609. The number of hydrogen-bond donors (Lipinski definition) is 1. The number of fused-ring (bicyclic) bond motifs is 2. The number of amides is 3. The van der Waals surface area contributed by atoms with E-state index in [1.165, 1.54) is 21.8 Å². The molecule has 3 amide bonds. The SMILES string of the molecule is C[C@]1(c2cccc3ccccc23)NC(=O)N(Cc2cc(=O)n3ccsc3n2)C1=O. The van der Waals surface area contributed by atoms with Crippen LogP contribution in [0.4, 0.5) is 4.79 Å². The van der Waals surface area contributed by atoms with Crippen molar-refractivity contribution in [3.8, 4) is 0 Å². The van der Waals surface area contributed by atoms with Crippen LogP contribution in [0, 0.1) is 0 Å². The van der Waals surface area contributed by atoms with E-state index in [-0.39, 0.29) is 18.0 Å². The molecule has 1 saturated heterocycles.